The first-order valence-corrected chi connectivity index (χ1v) is 10.5. The molecule has 0 aromatic heterocycles. The van der Waals surface area contributed by atoms with Crippen molar-refractivity contribution in [3.05, 3.63) is 41.5 Å². The molecule has 31 heavy (non-hydrogen) atoms. The maximum atomic E-state index is 6.41. The second-order valence-electron chi connectivity index (χ2n) is 9.40. The molecule has 2 aromatic rings. The van der Waals surface area contributed by atoms with Crippen LogP contribution >= 0.6 is 0 Å². The maximum Gasteiger partial charge on any atom is 0.495 e. The minimum Gasteiger partial charge on any atom is -0.454 e. The van der Waals surface area contributed by atoms with Crippen molar-refractivity contribution in [1.82, 2.24) is 4.90 Å². The molecule has 1 saturated heterocycles. The van der Waals surface area contributed by atoms with E-state index in [1.165, 1.54) is 0 Å². The number of ether oxygens (including phenoxy) is 4. The summed E-state index contributed by atoms with van der Waals surface area (Å²) in [6, 6.07) is 10.00. The van der Waals surface area contributed by atoms with Gasteiger partial charge in [0.05, 0.1) is 17.2 Å². The number of benzene rings is 2. The molecule has 1 atom stereocenters. The summed E-state index contributed by atoms with van der Waals surface area (Å²) in [5.41, 5.74) is 2.15. The Balaban J connectivity index is 1.63. The summed E-state index contributed by atoms with van der Waals surface area (Å²) in [5.74, 6) is 2.94. The van der Waals surface area contributed by atoms with Gasteiger partial charge in [0, 0.05) is 0 Å². The van der Waals surface area contributed by atoms with Gasteiger partial charge in [-0.05, 0) is 82.6 Å². The fourth-order valence-corrected chi connectivity index (χ4v) is 4.22. The van der Waals surface area contributed by atoms with Crippen LogP contribution in [-0.2, 0) is 9.31 Å². The van der Waals surface area contributed by atoms with E-state index in [-0.39, 0.29) is 19.6 Å². The van der Waals surface area contributed by atoms with Crippen LogP contribution in [0.1, 0.15) is 44.9 Å². The largest absolute Gasteiger partial charge is 0.495 e. The van der Waals surface area contributed by atoms with Crippen molar-refractivity contribution in [1.29, 1.82) is 0 Å². The van der Waals surface area contributed by atoms with Gasteiger partial charge in [0.2, 0.25) is 13.6 Å². The van der Waals surface area contributed by atoms with Gasteiger partial charge in [-0.3, -0.25) is 4.90 Å². The summed E-state index contributed by atoms with van der Waals surface area (Å²) in [4.78, 5) is 2.16. The van der Waals surface area contributed by atoms with Crippen LogP contribution in [0.3, 0.4) is 0 Å². The number of fused-ring (bicyclic) bond motifs is 2. The van der Waals surface area contributed by atoms with Gasteiger partial charge in [0.25, 0.3) is 0 Å². The summed E-state index contributed by atoms with van der Waals surface area (Å²) >= 11 is 0. The first-order valence-electron chi connectivity index (χ1n) is 10.5. The quantitative estimate of drug-likeness (QED) is 0.698. The van der Waals surface area contributed by atoms with E-state index in [9.17, 15) is 0 Å². The lowest BCUT2D eigenvalue weighted by atomic mass is 9.73. The summed E-state index contributed by atoms with van der Waals surface area (Å²) in [6.45, 7) is 8.68. The van der Waals surface area contributed by atoms with Gasteiger partial charge in [-0.15, -0.1) is 0 Å². The van der Waals surface area contributed by atoms with Crippen molar-refractivity contribution in [2.75, 3.05) is 27.7 Å². The van der Waals surface area contributed by atoms with Gasteiger partial charge in [-0.25, -0.2) is 0 Å². The standard InChI is InChI=1S/C23H28BNO6/c1-22(2)23(3,4)31-24(30-22)16-11-20-19(28-13-29-20)10-15(16)21(25(5)6)14-7-8-17-18(9-14)27-12-26-17/h7-11,21H,12-13H2,1-6H3/t21-/m0/s1. The Labute approximate surface area is 183 Å². The van der Waals surface area contributed by atoms with Crippen LogP contribution in [0.15, 0.2) is 30.3 Å². The number of hydrogen-bond donors (Lipinski definition) is 0. The Bertz CT molecular complexity index is 1010. The smallest absolute Gasteiger partial charge is 0.454 e. The monoisotopic (exact) mass is 425 g/mol. The molecule has 7 nitrogen and oxygen atoms in total. The third kappa shape index (κ3) is 3.33. The van der Waals surface area contributed by atoms with E-state index in [0.717, 1.165) is 33.8 Å². The molecule has 0 bridgehead atoms. The Kier molecular flexibility index (Phi) is 4.66. The third-order valence-corrected chi connectivity index (χ3v) is 6.61. The summed E-state index contributed by atoms with van der Waals surface area (Å²) in [5, 5.41) is 0. The SMILES string of the molecule is CN(C)[C@@H](c1ccc2c(c1)OCO2)c1cc2c(cc1B1OC(C)(C)C(C)(C)O1)OCO2. The molecule has 0 radical (unpaired) electrons. The molecule has 0 saturated carbocycles. The molecular weight excluding hydrogens is 397 g/mol. The number of rotatable bonds is 4. The van der Waals surface area contributed by atoms with Gasteiger partial charge >= 0.3 is 7.12 Å². The van der Waals surface area contributed by atoms with Gasteiger partial charge in [-0.2, -0.15) is 0 Å². The minimum atomic E-state index is -0.522. The van der Waals surface area contributed by atoms with Crippen molar-refractivity contribution in [3.8, 4) is 23.0 Å². The molecule has 164 valence electrons. The molecule has 5 rings (SSSR count). The highest BCUT2D eigenvalue weighted by Crippen LogP contribution is 2.42. The van der Waals surface area contributed by atoms with Gasteiger partial charge in [0.1, 0.15) is 0 Å². The van der Waals surface area contributed by atoms with E-state index < -0.39 is 18.3 Å². The summed E-state index contributed by atoms with van der Waals surface area (Å²) < 4.78 is 35.3. The molecule has 0 amide bonds. The zero-order valence-electron chi connectivity index (χ0n) is 18.9. The fraction of sp³-hybridized carbons (Fsp3) is 0.478. The van der Waals surface area contributed by atoms with E-state index in [1.54, 1.807) is 0 Å². The van der Waals surface area contributed by atoms with Gasteiger partial charge in [0.15, 0.2) is 23.0 Å². The highest BCUT2D eigenvalue weighted by Gasteiger charge is 2.53. The average Bonchev–Trinajstić information content (AvgIpc) is 3.38. The van der Waals surface area contributed by atoms with Crippen LogP contribution in [0.4, 0.5) is 0 Å². The zero-order valence-corrected chi connectivity index (χ0v) is 18.9. The Morgan fingerprint density at radius 2 is 1.32 bits per heavy atom. The fourth-order valence-electron chi connectivity index (χ4n) is 4.22. The zero-order chi connectivity index (χ0) is 22.0. The molecule has 0 spiro atoms. The first-order chi connectivity index (χ1) is 14.7. The Morgan fingerprint density at radius 1 is 0.774 bits per heavy atom. The lowest BCUT2D eigenvalue weighted by molar-refractivity contribution is 0.00578. The van der Waals surface area contributed by atoms with Crippen molar-refractivity contribution in [2.45, 2.75) is 44.9 Å². The maximum absolute atomic E-state index is 6.41. The lowest BCUT2D eigenvalue weighted by Gasteiger charge is -2.32. The second kappa shape index (κ2) is 7.05. The van der Waals surface area contributed by atoms with Crippen molar-refractivity contribution < 1.29 is 28.3 Å². The molecule has 3 aliphatic heterocycles. The van der Waals surface area contributed by atoms with Crippen LogP contribution < -0.4 is 24.4 Å². The molecular formula is C23H28BNO6. The summed E-state index contributed by atoms with van der Waals surface area (Å²) in [6.07, 6.45) is 0. The molecule has 3 aliphatic rings. The van der Waals surface area contributed by atoms with Crippen LogP contribution in [0.5, 0.6) is 23.0 Å². The molecule has 0 aliphatic carbocycles. The Hall–Kier alpha value is -2.42. The highest BCUT2D eigenvalue weighted by atomic mass is 16.7. The highest BCUT2D eigenvalue weighted by molar-refractivity contribution is 6.62. The van der Waals surface area contributed by atoms with Gasteiger partial charge in [-0.1, -0.05) is 6.07 Å². The van der Waals surface area contributed by atoms with Crippen LogP contribution in [0.2, 0.25) is 0 Å². The molecule has 0 N–H and O–H groups in total. The molecule has 0 unspecified atom stereocenters. The van der Waals surface area contributed by atoms with Crippen LogP contribution in [-0.4, -0.2) is 50.9 Å². The average molecular weight is 425 g/mol. The predicted octanol–water partition coefficient (Wildman–Crippen LogP) is 3.09. The van der Waals surface area contributed by atoms with Crippen molar-refractivity contribution in [2.24, 2.45) is 0 Å². The normalized spacial score (nSPS) is 21.1. The second-order valence-corrected chi connectivity index (χ2v) is 9.40. The van der Waals surface area contributed by atoms with E-state index in [2.05, 4.69) is 38.7 Å². The van der Waals surface area contributed by atoms with Crippen LogP contribution in [0.25, 0.3) is 0 Å². The van der Waals surface area contributed by atoms with E-state index in [0.29, 0.717) is 5.75 Å². The van der Waals surface area contributed by atoms with E-state index in [1.807, 2.05) is 38.4 Å². The first kappa shape index (κ1) is 20.5. The third-order valence-electron chi connectivity index (χ3n) is 6.61. The number of hydrogen-bond acceptors (Lipinski definition) is 7. The molecule has 2 aromatic carbocycles. The predicted molar refractivity (Wildman–Crippen MR) is 116 cm³/mol. The molecule has 3 heterocycles. The lowest BCUT2D eigenvalue weighted by Crippen LogP contribution is -2.41. The molecule has 1 fully saturated rings. The number of nitrogens with zero attached hydrogens (tertiary/aromatic N) is 1. The van der Waals surface area contributed by atoms with Gasteiger partial charge < -0.3 is 28.3 Å². The molecule has 8 heteroatoms. The summed E-state index contributed by atoms with van der Waals surface area (Å²) in [7, 11) is 3.58. The van der Waals surface area contributed by atoms with E-state index >= 15 is 0 Å². The van der Waals surface area contributed by atoms with Crippen molar-refractivity contribution >= 4 is 12.6 Å². The van der Waals surface area contributed by atoms with E-state index in [4.69, 9.17) is 28.3 Å². The van der Waals surface area contributed by atoms with Crippen molar-refractivity contribution in [3.63, 3.8) is 0 Å². The Morgan fingerprint density at radius 3 is 1.94 bits per heavy atom. The topological polar surface area (TPSA) is 58.6 Å². The minimum absolute atomic E-state index is 0.0852. The van der Waals surface area contributed by atoms with Crippen LogP contribution in [0, 0.1) is 0 Å².